The van der Waals surface area contributed by atoms with Crippen molar-refractivity contribution in [1.29, 1.82) is 0 Å². The molecule has 3 aliphatic carbocycles. The lowest BCUT2D eigenvalue weighted by atomic mass is 9.60. The maximum absolute atomic E-state index is 13.7. The van der Waals surface area contributed by atoms with E-state index in [1.54, 1.807) is 0 Å². The molecule has 7 nitrogen and oxygen atoms in total. The molecule has 2 aromatic carbocycles. The van der Waals surface area contributed by atoms with Gasteiger partial charge in [0, 0.05) is 17.7 Å². The largest absolute Gasteiger partial charge is 0.484 e. The van der Waals surface area contributed by atoms with Gasteiger partial charge in [-0.1, -0.05) is 0 Å². The monoisotopic (exact) mass is 546 g/mol. The van der Waals surface area contributed by atoms with Gasteiger partial charge in [-0.3, -0.25) is 9.59 Å². The van der Waals surface area contributed by atoms with Crippen LogP contribution in [-0.4, -0.2) is 47.3 Å². The zero-order chi connectivity index (χ0) is 27.7. The van der Waals surface area contributed by atoms with E-state index in [1.807, 2.05) is 0 Å². The Balaban J connectivity index is 1.28. The molecule has 2 bridgehead atoms. The minimum atomic E-state index is -4.86. The van der Waals surface area contributed by atoms with Gasteiger partial charge in [0.15, 0.2) is 24.8 Å². The number of halogens is 6. The maximum atomic E-state index is 13.7. The smallest absolute Gasteiger partial charge is 0.419 e. The Bertz CT molecular complexity index is 1210. The van der Waals surface area contributed by atoms with Crippen molar-refractivity contribution in [3.8, 4) is 11.5 Å². The third-order valence-corrected chi connectivity index (χ3v) is 6.99. The Morgan fingerprint density at radius 3 is 1.92 bits per heavy atom. The number of nitrogens with one attached hydrogen (secondary N) is 2. The second-order valence-corrected chi connectivity index (χ2v) is 9.55. The summed E-state index contributed by atoms with van der Waals surface area (Å²) >= 11 is 0. The van der Waals surface area contributed by atoms with Gasteiger partial charge in [-0.2, -0.15) is 13.2 Å². The topological polar surface area (TPSA) is 96.9 Å². The van der Waals surface area contributed by atoms with Crippen molar-refractivity contribution in [2.45, 2.75) is 55.5 Å². The van der Waals surface area contributed by atoms with Gasteiger partial charge in [0.2, 0.25) is 0 Å². The number of amides is 2. The molecule has 2 amide bonds. The first-order valence-electron chi connectivity index (χ1n) is 11.7. The number of aliphatic hydroxyl groups is 1. The molecule has 3 saturated carbocycles. The van der Waals surface area contributed by atoms with Crippen LogP contribution in [0.4, 0.5) is 26.3 Å². The SMILES string of the molecule is O=C(COc1ccc(F)c(F)c1)NC12CCC(NC(=O)COc3ccc(C(F)(F)F)c(F)c3)(CC1)[C@H](O)C2. The molecule has 13 heteroatoms. The number of alkyl halides is 3. The summed E-state index contributed by atoms with van der Waals surface area (Å²) in [6.45, 7) is -1.06. The first-order valence-corrected chi connectivity index (χ1v) is 11.7. The van der Waals surface area contributed by atoms with Crippen molar-refractivity contribution in [2.75, 3.05) is 13.2 Å². The molecule has 0 aromatic heterocycles. The Kier molecular flexibility index (Phi) is 7.51. The standard InChI is InChI=1S/C25H24F6N2O5/c26-17-4-2-15(10-19(17)28)37-12-21(35)32-23-5-7-24(8-6-23,20(34)11-23)33-22(36)13-38-14-1-3-16(18(27)9-14)25(29,30)31/h1-4,9-10,20,34H,5-8,11-13H2,(H,32,35)(H,33,36)/t20-,23?,24?/m1/s1. The average molecular weight is 546 g/mol. The van der Waals surface area contributed by atoms with E-state index in [4.69, 9.17) is 9.47 Å². The van der Waals surface area contributed by atoms with Crippen LogP contribution in [0, 0.1) is 17.5 Å². The van der Waals surface area contributed by atoms with Crippen molar-refractivity contribution in [3.05, 3.63) is 59.4 Å². The summed E-state index contributed by atoms with van der Waals surface area (Å²) in [7, 11) is 0. The number of ether oxygens (including phenoxy) is 2. The van der Waals surface area contributed by atoms with Gasteiger partial charge in [0.05, 0.1) is 17.2 Å². The van der Waals surface area contributed by atoms with Gasteiger partial charge >= 0.3 is 6.18 Å². The number of hydrogen-bond donors (Lipinski definition) is 3. The minimum absolute atomic E-state index is 0.0214. The van der Waals surface area contributed by atoms with Gasteiger partial charge in [-0.25, -0.2) is 13.2 Å². The second kappa shape index (κ2) is 10.4. The van der Waals surface area contributed by atoms with Crippen LogP contribution in [0.15, 0.2) is 36.4 Å². The highest BCUT2D eigenvalue weighted by Gasteiger charge is 2.55. The van der Waals surface area contributed by atoms with E-state index < -0.39 is 71.4 Å². The summed E-state index contributed by atoms with van der Waals surface area (Å²) in [5.41, 5.74) is -3.18. The van der Waals surface area contributed by atoms with E-state index in [1.165, 1.54) is 6.07 Å². The van der Waals surface area contributed by atoms with Crippen molar-refractivity contribution in [3.63, 3.8) is 0 Å². The first-order chi connectivity index (χ1) is 17.8. The molecule has 0 saturated heterocycles. The number of hydrogen-bond acceptors (Lipinski definition) is 5. The molecule has 38 heavy (non-hydrogen) atoms. The zero-order valence-corrected chi connectivity index (χ0v) is 19.8. The first kappa shape index (κ1) is 27.6. The van der Waals surface area contributed by atoms with Gasteiger partial charge in [0.25, 0.3) is 11.8 Å². The predicted molar refractivity (Wildman–Crippen MR) is 120 cm³/mol. The Morgan fingerprint density at radius 2 is 1.39 bits per heavy atom. The van der Waals surface area contributed by atoms with E-state index in [-0.39, 0.29) is 17.9 Å². The highest BCUT2D eigenvalue weighted by atomic mass is 19.4. The second-order valence-electron chi connectivity index (χ2n) is 9.55. The van der Waals surface area contributed by atoms with Crippen molar-refractivity contribution in [1.82, 2.24) is 10.6 Å². The summed E-state index contributed by atoms with van der Waals surface area (Å²) < 4.78 is 88.4. The highest BCUT2D eigenvalue weighted by Crippen LogP contribution is 2.47. The molecule has 3 aliphatic rings. The molecule has 2 aromatic rings. The molecular formula is C25H24F6N2O5. The third-order valence-electron chi connectivity index (χ3n) is 6.99. The highest BCUT2D eigenvalue weighted by molar-refractivity contribution is 5.79. The fourth-order valence-corrected chi connectivity index (χ4v) is 4.99. The molecule has 0 unspecified atom stereocenters. The van der Waals surface area contributed by atoms with E-state index >= 15 is 0 Å². The summed E-state index contributed by atoms with van der Waals surface area (Å²) in [5, 5.41) is 16.4. The zero-order valence-electron chi connectivity index (χ0n) is 19.8. The summed E-state index contributed by atoms with van der Waals surface area (Å²) in [6.07, 6.45) is -4.27. The van der Waals surface area contributed by atoms with Crippen molar-refractivity contribution in [2.24, 2.45) is 0 Å². The molecular weight excluding hydrogens is 522 g/mol. The van der Waals surface area contributed by atoms with Crippen LogP contribution < -0.4 is 20.1 Å². The van der Waals surface area contributed by atoms with Gasteiger partial charge in [0.1, 0.15) is 17.3 Å². The van der Waals surface area contributed by atoms with Crippen LogP contribution in [0.25, 0.3) is 0 Å². The maximum Gasteiger partial charge on any atom is 0.419 e. The summed E-state index contributed by atoms with van der Waals surface area (Å²) in [6, 6.07) is 4.84. The quantitative estimate of drug-likeness (QED) is 0.440. The fraction of sp³-hybridized carbons (Fsp3) is 0.440. The number of carbonyl (C=O) groups excluding carboxylic acids is 2. The average Bonchev–Trinajstić information content (AvgIpc) is 2.84. The molecule has 0 radical (unpaired) electrons. The number of aliphatic hydroxyl groups excluding tert-OH is 1. The van der Waals surface area contributed by atoms with Crippen LogP contribution in [0.1, 0.15) is 37.7 Å². The molecule has 1 atom stereocenters. The molecule has 206 valence electrons. The van der Waals surface area contributed by atoms with Gasteiger partial charge < -0.3 is 25.2 Å². The molecule has 0 aliphatic heterocycles. The van der Waals surface area contributed by atoms with Crippen LogP contribution in [0.5, 0.6) is 11.5 Å². The lowest BCUT2D eigenvalue weighted by molar-refractivity contribution is -0.140. The fourth-order valence-electron chi connectivity index (χ4n) is 4.99. The van der Waals surface area contributed by atoms with Gasteiger partial charge in [-0.05, 0) is 56.4 Å². The van der Waals surface area contributed by atoms with Crippen molar-refractivity contribution < 1.29 is 50.5 Å². The van der Waals surface area contributed by atoms with E-state index in [2.05, 4.69) is 10.6 Å². The number of benzene rings is 2. The minimum Gasteiger partial charge on any atom is -0.484 e. The predicted octanol–water partition coefficient (Wildman–Crippen LogP) is 3.63. The molecule has 5 rings (SSSR count). The van der Waals surface area contributed by atoms with Crippen LogP contribution in [0.2, 0.25) is 0 Å². The Labute approximate surface area is 213 Å². The lowest BCUT2D eigenvalue weighted by Crippen LogP contribution is -2.70. The Morgan fingerprint density at radius 1 is 0.842 bits per heavy atom. The molecule has 0 heterocycles. The normalized spacial score (nSPS) is 24.6. The van der Waals surface area contributed by atoms with Crippen LogP contribution in [0.3, 0.4) is 0 Å². The number of rotatable bonds is 8. The number of fused-ring (bicyclic) bond motifs is 3. The summed E-state index contributed by atoms with van der Waals surface area (Å²) in [5.74, 6) is -5.14. The third kappa shape index (κ3) is 5.98. The van der Waals surface area contributed by atoms with Crippen molar-refractivity contribution >= 4 is 11.8 Å². The van der Waals surface area contributed by atoms with E-state index in [0.717, 1.165) is 18.2 Å². The summed E-state index contributed by atoms with van der Waals surface area (Å²) in [4.78, 5) is 24.9. The van der Waals surface area contributed by atoms with Crippen LogP contribution in [-0.2, 0) is 15.8 Å². The molecule has 3 N–H and O–H groups in total. The number of carbonyl (C=O) groups is 2. The van der Waals surface area contributed by atoms with Crippen LogP contribution >= 0.6 is 0 Å². The molecule has 0 spiro atoms. The molecule has 3 fully saturated rings. The van der Waals surface area contributed by atoms with E-state index in [0.29, 0.717) is 37.8 Å². The van der Waals surface area contributed by atoms with Gasteiger partial charge in [-0.15, -0.1) is 0 Å². The Hall–Kier alpha value is -3.48. The lowest BCUT2D eigenvalue weighted by Gasteiger charge is -2.56. The van der Waals surface area contributed by atoms with E-state index in [9.17, 15) is 41.0 Å².